The molecule has 0 radical (unpaired) electrons. The summed E-state index contributed by atoms with van der Waals surface area (Å²) >= 11 is 0. The van der Waals surface area contributed by atoms with Crippen molar-refractivity contribution < 1.29 is 9.84 Å². The molecule has 0 aromatic heterocycles. The van der Waals surface area contributed by atoms with Crippen LogP contribution in [-0.2, 0) is 4.74 Å². The van der Waals surface area contributed by atoms with Gasteiger partial charge in [0.1, 0.15) is 0 Å². The third-order valence-electron chi connectivity index (χ3n) is 4.20. The molecule has 0 spiro atoms. The van der Waals surface area contributed by atoms with Gasteiger partial charge in [0.2, 0.25) is 0 Å². The van der Waals surface area contributed by atoms with Gasteiger partial charge in [-0.05, 0) is 52.2 Å². The van der Waals surface area contributed by atoms with E-state index in [1.54, 1.807) is 0 Å². The number of unbranched alkanes of at least 4 members (excludes halogenated alkanes) is 1. The van der Waals surface area contributed by atoms with Crippen LogP contribution in [0, 0.1) is 0 Å². The number of aliphatic hydroxyl groups excluding tert-OH is 1. The molecule has 126 valence electrons. The summed E-state index contributed by atoms with van der Waals surface area (Å²) in [6, 6.07) is 19.1. The van der Waals surface area contributed by atoms with Crippen LogP contribution in [-0.4, -0.2) is 31.0 Å². The van der Waals surface area contributed by atoms with Crippen molar-refractivity contribution in [1.29, 1.82) is 0 Å². The second kappa shape index (κ2) is 8.13. The van der Waals surface area contributed by atoms with E-state index in [9.17, 15) is 5.11 Å². The Morgan fingerprint density at radius 1 is 0.958 bits per heavy atom. The molecule has 3 aromatic rings. The lowest BCUT2D eigenvalue weighted by Gasteiger charge is -2.14. The first-order chi connectivity index (χ1) is 11.8. The van der Waals surface area contributed by atoms with Gasteiger partial charge in [-0.1, -0.05) is 43.7 Å². The number of nitrogens with one attached hydrogen (secondary N) is 1. The molecule has 3 aromatic carbocycles. The fourth-order valence-electron chi connectivity index (χ4n) is 2.81. The van der Waals surface area contributed by atoms with Gasteiger partial charge in [0.05, 0.1) is 12.7 Å². The van der Waals surface area contributed by atoms with E-state index in [0.717, 1.165) is 25.1 Å². The predicted octanol–water partition coefficient (Wildman–Crippen LogP) is 4.58. The van der Waals surface area contributed by atoms with E-state index in [-0.39, 0.29) is 0 Å². The summed E-state index contributed by atoms with van der Waals surface area (Å²) in [7, 11) is 0. The van der Waals surface area contributed by atoms with Crippen molar-refractivity contribution in [3.8, 4) is 0 Å². The Morgan fingerprint density at radius 3 is 2.42 bits per heavy atom. The highest BCUT2D eigenvalue weighted by atomic mass is 16.5. The molecule has 0 aliphatic carbocycles. The molecular formula is C21H25NO2. The van der Waals surface area contributed by atoms with E-state index >= 15 is 0 Å². The van der Waals surface area contributed by atoms with Crippen molar-refractivity contribution in [2.45, 2.75) is 25.9 Å². The lowest BCUT2D eigenvalue weighted by Crippen LogP contribution is -2.25. The van der Waals surface area contributed by atoms with Gasteiger partial charge in [0.25, 0.3) is 0 Å². The number of hydrogen-bond donors (Lipinski definition) is 2. The lowest BCUT2D eigenvalue weighted by atomic mass is 10.0. The average molecular weight is 323 g/mol. The molecule has 3 heteroatoms. The van der Waals surface area contributed by atoms with Gasteiger partial charge in [0.15, 0.2) is 0 Å². The fraction of sp³-hybridized carbons (Fsp3) is 0.333. The summed E-state index contributed by atoms with van der Waals surface area (Å²) in [5.74, 6) is 0. The Hall–Kier alpha value is -2.10. The maximum absolute atomic E-state index is 9.98. The number of benzene rings is 3. The van der Waals surface area contributed by atoms with Crippen LogP contribution in [0.4, 0.5) is 5.69 Å². The Kier molecular flexibility index (Phi) is 5.68. The largest absolute Gasteiger partial charge is 0.389 e. The van der Waals surface area contributed by atoms with Crippen LogP contribution in [0.5, 0.6) is 0 Å². The summed E-state index contributed by atoms with van der Waals surface area (Å²) in [5.41, 5.74) is 1.02. The highest BCUT2D eigenvalue weighted by Gasteiger charge is 2.05. The molecule has 0 heterocycles. The molecule has 0 saturated heterocycles. The van der Waals surface area contributed by atoms with Crippen LogP contribution in [0.15, 0.2) is 54.6 Å². The Morgan fingerprint density at radius 2 is 1.67 bits per heavy atom. The molecule has 0 bridgehead atoms. The second-order valence-electron chi connectivity index (χ2n) is 6.22. The van der Waals surface area contributed by atoms with Crippen LogP contribution in [0.2, 0.25) is 0 Å². The SMILES string of the molecule is CCCCOCC(O)CNc1ccc2cc3ccccc3cc2c1. The first kappa shape index (κ1) is 16.7. The van der Waals surface area contributed by atoms with Crippen LogP contribution in [0.25, 0.3) is 21.5 Å². The number of rotatable bonds is 8. The fourth-order valence-corrected chi connectivity index (χ4v) is 2.81. The molecular weight excluding hydrogens is 298 g/mol. The maximum atomic E-state index is 9.98. The van der Waals surface area contributed by atoms with Crippen molar-refractivity contribution >= 4 is 27.2 Å². The summed E-state index contributed by atoms with van der Waals surface area (Å²) in [5, 5.41) is 18.2. The van der Waals surface area contributed by atoms with Gasteiger partial charge in [-0.3, -0.25) is 0 Å². The molecule has 0 fully saturated rings. The van der Waals surface area contributed by atoms with Crippen LogP contribution in [0.3, 0.4) is 0 Å². The molecule has 3 nitrogen and oxygen atoms in total. The molecule has 0 aliphatic heterocycles. The minimum atomic E-state index is -0.492. The minimum absolute atomic E-state index is 0.380. The van der Waals surface area contributed by atoms with Gasteiger partial charge in [0, 0.05) is 18.8 Å². The molecule has 0 aliphatic rings. The number of aliphatic hydroxyl groups is 1. The van der Waals surface area contributed by atoms with Crippen LogP contribution in [0.1, 0.15) is 19.8 Å². The Labute approximate surface area is 143 Å². The van der Waals surface area contributed by atoms with E-state index < -0.39 is 6.10 Å². The van der Waals surface area contributed by atoms with Crippen LogP contribution < -0.4 is 5.32 Å². The summed E-state index contributed by atoms with van der Waals surface area (Å²) < 4.78 is 5.45. The van der Waals surface area contributed by atoms with E-state index in [1.165, 1.54) is 21.5 Å². The standard InChI is InChI=1S/C21H25NO2/c1-2-3-10-24-15-21(23)14-22-20-9-8-18-11-16-6-4-5-7-17(16)12-19(18)13-20/h4-9,11-13,21-23H,2-3,10,14-15H2,1H3. The zero-order valence-electron chi connectivity index (χ0n) is 14.2. The molecule has 1 atom stereocenters. The highest BCUT2D eigenvalue weighted by molar-refractivity contribution is 5.99. The Bertz CT molecular complexity index is 800. The topological polar surface area (TPSA) is 41.5 Å². The van der Waals surface area contributed by atoms with E-state index in [0.29, 0.717) is 13.2 Å². The number of ether oxygens (including phenoxy) is 1. The van der Waals surface area contributed by atoms with E-state index in [4.69, 9.17) is 4.74 Å². The molecule has 3 rings (SSSR count). The molecule has 1 unspecified atom stereocenters. The number of hydrogen-bond acceptors (Lipinski definition) is 3. The lowest BCUT2D eigenvalue weighted by molar-refractivity contribution is 0.0422. The van der Waals surface area contributed by atoms with Gasteiger partial charge < -0.3 is 15.2 Å². The quantitative estimate of drug-likeness (QED) is 0.471. The average Bonchev–Trinajstić information content (AvgIpc) is 2.61. The summed E-state index contributed by atoms with van der Waals surface area (Å²) in [4.78, 5) is 0. The van der Waals surface area contributed by atoms with Gasteiger partial charge in [-0.25, -0.2) is 0 Å². The van der Waals surface area contributed by atoms with Gasteiger partial charge >= 0.3 is 0 Å². The smallest absolute Gasteiger partial charge is 0.0945 e. The van der Waals surface area contributed by atoms with Crippen molar-refractivity contribution in [3.05, 3.63) is 54.6 Å². The molecule has 0 amide bonds. The third-order valence-corrected chi connectivity index (χ3v) is 4.20. The zero-order valence-corrected chi connectivity index (χ0v) is 14.2. The number of fused-ring (bicyclic) bond motifs is 2. The Balaban J connectivity index is 1.64. The van der Waals surface area contributed by atoms with E-state index in [1.807, 2.05) is 0 Å². The van der Waals surface area contributed by atoms with Crippen molar-refractivity contribution in [2.75, 3.05) is 25.1 Å². The predicted molar refractivity (Wildman–Crippen MR) is 102 cm³/mol. The molecule has 0 saturated carbocycles. The highest BCUT2D eigenvalue weighted by Crippen LogP contribution is 2.25. The first-order valence-corrected chi connectivity index (χ1v) is 8.68. The first-order valence-electron chi connectivity index (χ1n) is 8.68. The molecule has 24 heavy (non-hydrogen) atoms. The molecule has 2 N–H and O–H groups in total. The minimum Gasteiger partial charge on any atom is -0.389 e. The normalized spacial score (nSPS) is 12.6. The zero-order chi connectivity index (χ0) is 16.8. The number of anilines is 1. The van der Waals surface area contributed by atoms with Crippen molar-refractivity contribution in [1.82, 2.24) is 0 Å². The summed E-state index contributed by atoms with van der Waals surface area (Å²) in [6.07, 6.45) is 1.66. The van der Waals surface area contributed by atoms with Crippen LogP contribution >= 0.6 is 0 Å². The van der Waals surface area contributed by atoms with Gasteiger partial charge in [-0.15, -0.1) is 0 Å². The monoisotopic (exact) mass is 323 g/mol. The van der Waals surface area contributed by atoms with E-state index in [2.05, 4.69) is 66.8 Å². The van der Waals surface area contributed by atoms with Crippen molar-refractivity contribution in [3.63, 3.8) is 0 Å². The maximum Gasteiger partial charge on any atom is 0.0945 e. The second-order valence-corrected chi connectivity index (χ2v) is 6.22. The third kappa shape index (κ3) is 4.25. The van der Waals surface area contributed by atoms with Crippen molar-refractivity contribution in [2.24, 2.45) is 0 Å². The van der Waals surface area contributed by atoms with Gasteiger partial charge in [-0.2, -0.15) is 0 Å². The summed E-state index contributed by atoms with van der Waals surface area (Å²) in [6.45, 7) is 3.72.